The lowest BCUT2D eigenvalue weighted by atomic mass is 10.1. The maximum absolute atomic E-state index is 5.94. The summed E-state index contributed by atoms with van der Waals surface area (Å²) in [5.74, 6) is 0.423. The molecule has 1 rings (SSSR count). The van der Waals surface area contributed by atoms with Gasteiger partial charge in [-0.3, -0.25) is 0 Å². The molecule has 70 valence electrons. The Morgan fingerprint density at radius 2 is 2.42 bits per heavy atom. The molecule has 0 spiro atoms. The fourth-order valence-electron chi connectivity index (χ4n) is 1.28. The Morgan fingerprint density at radius 3 is 2.92 bits per heavy atom. The minimum absolute atomic E-state index is 0.131. The second-order valence-electron chi connectivity index (χ2n) is 3.13. The van der Waals surface area contributed by atoms with Crippen molar-refractivity contribution < 1.29 is 9.57 Å². The molecular formula is C8H14ClNO2. The zero-order valence-electron chi connectivity index (χ0n) is 7.58. The molecule has 1 atom stereocenters. The van der Waals surface area contributed by atoms with Gasteiger partial charge in [-0.2, -0.15) is 0 Å². The Kier molecular flexibility index (Phi) is 3.38. The first-order valence-electron chi connectivity index (χ1n) is 3.94. The Bertz CT molecular complexity index is 182. The van der Waals surface area contributed by atoms with E-state index < -0.39 is 0 Å². The number of ether oxygens (including phenoxy) is 1. The van der Waals surface area contributed by atoms with Crippen LogP contribution in [0.2, 0.25) is 0 Å². The summed E-state index contributed by atoms with van der Waals surface area (Å²) in [5, 5.41) is 2.47. The van der Waals surface area contributed by atoms with E-state index in [0.717, 1.165) is 5.03 Å². The van der Waals surface area contributed by atoms with Gasteiger partial charge in [-0.1, -0.05) is 25.4 Å². The van der Waals surface area contributed by atoms with Crippen LogP contribution >= 0.6 is 11.6 Å². The minimum Gasteiger partial charge on any atom is -0.410 e. The molecule has 0 radical (unpaired) electrons. The highest BCUT2D eigenvalue weighted by atomic mass is 35.5. The third-order valence-electron chi connectivity index (χ3n) is 1.78. The lowest BCUT2D eigenvalue weighted by Gasteiger charge is -2.24. The van der Waals surface area contributed by atoms with Crippen molar-refractivity contribution in [2.24, 2.45) is 5.92 Å². The number of halogens is 1. The maximum Gasteiger partial charge on any atom is 0.133 e. The number of hydrogen-bond acceptors (Lipinski definition) is 3. The molecule has 0 amide bonds. The van der Waals surface area contributed by atoms with Crippen LogP contribution in [0.5, 0.6) is 0 Å². The zero-order chi connectivity index (χ0) is 9.14. The van der Waals surface area contributed by atoms with E-state index in [4.69, 9.17) is 21.2 Å². The van der Waals surface area contributed by atoms with Gasteiger partial charge in [0.2, 0.25) is 0 Å². The average Bonchev–Trinajstić information content (AvgIpc) is 2.32. The van der Waals surface area contributed by atoms with Gasteiger partial charge in [0.25, 0.3) is 0 Å². The van der Waals surface area contributed by atoms with Gasteiger partial charge in [-0.05, 0) is 5.92 Å². The fourth-order valence-corrected chi connectivity index (χ4v) is 1.68. The molecule has 0 aromatic rings. The first-order valence-corrected chi connectivity index (χ1v) is 4.32. The van der Waals surface area contributed by atoms with E-state index in [0.29, 0.717) is 12.6 Å². The van der Waals surface area contributed by atoms with Crippen LogP contribution in [0.25, 0.3) is 0 Å². The van der Waals surface area contributed by atoms with Gasteiger partial charge >= 0.3 is 0 Å². The van der Waals surface area contributed by atoms with Crippen molar-refractivity contribution in [1.29, 1.82) is 0 Å². The van der Waals surface area contributed by atoms with Gasteiger partial charge in [0.1, 0.15) is 13.0 Å². The lowest BCUT2D eigenvalue weighted by molar-refractivity contribution is -0.168. The van der Waals surface area contributed by atoms with Crippen molar-refractivity contribution in [3.8, 4) is 0 Å². The summed E-state index contributed by atoms with van der Waals surface area (Å²) in [6.45, 7) is 4.63. The van der Waals surface area contributed by atoms with E-state index in [-0.39, 0.29) is 6.04 Å². The van der Waals surface area contributed by atoms with Gasteiger partial charge in [-0.15, -0.1) is 5.06 Å². The van der Waals surface area contributed by atoms with Crippen LogP contribution in [0.4, 0.5) is 0 Å². The van der Waals surface area contributed by atoms with Crippen LogP contribution < -0.4 is 0 Å². The highest BCUT2D eigenvalue weighted by Crippen LogP contribution is 2.28. The summed E-state index contributed by atoms with van der Waals surface area (Å²) >= 11 is 5.94. The van der Waals surface area contributed by atoms with Crippen LogP contribution in [-0.2, 0) is 9.57 Å². The molecule has 0 aromatic carbocycles. The predicted molar refractivity (Wildman–Crippen MR) is 47.4 cm³/mol. The average molecular weight is 192 g/mol. The van der Waals surface area contributed by atoms with E-state index in [9.17, 15) is 0 Å². The largest absolute Gasteiger partial charge is 0.410 e. The van der Waals surface area contributed by atoms with Crippen molar-refractivity contribution in [2.45, 2.75) is 19.9 Å². The van der Waals surface area contributed by atoms with Crippen LogP contribution in [0.15, 0.2) is 11.3 Å². The first-order chi connectivity index (χ1) is 5.66. The summed E-state index contributed by atoms with van der Waals surface area (Å²) in [6.07, 6.45) is 1.56. The standard InChI is InChI=1S/C8H14ClNO2/c1-6(2)8-7(9)4-12-10(8)5-11-3/h4,6,8H,5H2,1-3H3. The molecule has 0 N–H and O–H groups in total. The van der Waals surface area contributed by atoms with Crippen molar-refractivity contribution in [3.63, 3.8) is 0 Å². The van der Waals surface area contributed by atoms with Crippen molar-refractivity contribution in [1.82, 2.24) is 5.06 Å². The minimum atomic E-state index is 0.131. The van der Waals surface area contributed by atoms with Crippen molar-refractivity contribution in [3.05, 3.63) is 11.3 Å². The summed E-state index contributed by atoms with van der Waals surface area (Å²) in [7, 11) is 1.63. The van der Waals surface area contributed by atoms with E-state index in [1.54, 1.807) is 18.4 Å². The number of nitrogens with zero attached hydrogens (tertiary/aromatic N) is 1. The highest BCUT2D eigenvalue weighted by Gasteiger charge is 2.31. The predicted octanol–water partition coefficient (Wildman–Crippen LogP) is 1.94. The van der Waals surface area contributed by atoms with Crippen LogP contribution in [0, 0.1) is 5.92 Å². The molecule has 0 bridgehead atoms. The van der Waals surface area contributed by atoms with E-state index in [1.807, 2.05) is 0 Å². The number of hydroxylamine groups is 2. The number of rotatable bonds is 3. The van der Waals surface area contributed by atoms with E-state index >= 15 is 0 Å². The van der Waals surface area contributed by atoms with E-state index in [1.165, 1.54) is 0 Å². The summed E-state index contributed by atoms with van der Waals surface area (Å²) in [6, 6.07) is 0.131. The Hall–Kier alpha value is -0.250. The summed E-state index contributed by atoms with van der Waals surface area (Å²) in [5.41, 5.74) is 0. The fraction of sp³-hybridized carbons (Fsp3) is 0.750. The van der Waals surface area contributed by atoms with Crippen molar-refractivity contribution >= 4 is 11.6 Å². The molecule has 1 heterocycles. The maximum atomic E-state index is 5.94. The van der Waals surface area contributed by atoms with Crippen LogP contribution in [0.1, 0.15) is 13.8 Å². The van der Waals surface area contributed by atoms with Crippen LogP contribution in [0.3, 0.4) is 0 Å². The monoisotopic (exact) mass is 191 g/mol. The molecule has 0 aliphatic carbocycles. The molecule has 0 saturated carbocycles. The lowest BCUT2D eigenvalue weighted by Crippen LogP contribution is -2.35. The normalized spacial score (nSPS) is 24.4. The van der Waals surface area contributed by atoms with E-state index in [2.05, 4.69) is 13.8 Å². The molecule has 1 aliphatic rings. The van der Waals surface area contributed by atoms with Gasteiger partial charge in [0.15, 0.2) is 0 Å². The molecule has 1 unspecified atom stereocenters. The molecule has 12 heavy (non-hydrogen) atoms. The molecular weight excluding hydrogens is 178 g/mol. The summed E-state index contributed by atoms with van der Waals surface area (Å²) in [4.78, 5) is 5.19. The molecule has 0 fully saturated rings. The van der Waals surface area contributed by atoms with Gasteiger partial charge in [0.05, 0.1) is 11.1 Å². The number of hydrogen-bond donors (Lipinski definition) is 0. The third kappa shape index (κ3) is 1.91. The van der Waals surface area contributed by atoms with Gasteiger partial charge in [-0.25, -0.2) is 0 Å². The highest BCUT2D eigenvalue weighted by molar-refractivity contribution is 6.30. The number of methoxy groups -OCH3 is 1. The van der Waals surface area contributed by atoms with Gasteiger partial charge in [0, 0.05) is 7.11 Å². The molecule has 1 aliphatic heterocycles. The first kappa shape index (κ1) is 9.84. The Labute approximate surface area is 77.8 Å². The molecule has 0 aromatic heterocycles. The Morgan fingerprint density at radius 1 is 1.75 bits per heavy atom. The smallest absolute Gasteiger partial charge is 0.133 e. The van der Waals surface area contributed by atoms with Crippen molar-refractivity contribution in [2.75, 3.05) is 13.8 Å². The SMILES string of the molecule is COCN1OC=C(Cl)C1C(C)C. The Balaban J connectivity index is 2.57. The van der Waals surface area contributed by atoms with Gasteiger partial charge < -0.3 is 9.57 Å². The second kappa shape index (κ2) is 4.12. The summed E-state index contributed by atoms with van der Waals surface area (Å²) < 4.78 is 4.96. The zero-order valence-corrected chi connectivity index (χ0v) is 8.34. The second-order valence-corrected chi connectivity index (χ2v) is 3.57. The topological polar surface area (TPSA) is 21.7 Å². The quantitative estimate of drug-likeness (QED) is 0.681. The van der Waals surface area contributed by atoms with Crippen LogP contribution in [-0.4, -0.2) is 24.9 Å². The molecule has 0 saturated heterocycles. The third-order valence-corrected chi connectivity index (χ3v) is 2.09. The molecule has 3 nitrogen and oxygen atoms in total. The molecule has 4 heteroatoms.